The molecule has 0 fully saturated rings. The number of fused-ring (bicyclic) bond motifs is 1. The highest BCUT2D eigenvalue weighted by molar-refractivity contribution is 5.57. The second kappa shape index (κ2) is 3.27. The molecule has 86 valence electrons. The first kappa shape index (κ1) is 9.76. The van der Waals surface area contributed by atoms with E-state index in [2.05, 4.69) is 10.1 Å². The maximum atomic E-state index is 10.9. The summed E-state index contributed by atoms with van der Waals surface area (Å²) in [6.07, 6.45) is -0.607. The Labute approximate surface area is 95.2 Å². The fraction of sp³-hybridized carbons (Fsp3) is 0.200. The van der Waals surface area contributed by atoms with E-state index in [1.807, 2.05) is 0 Å². The van der Waals surface area contributed by atoms with Gasteiger partial charge in [-0.1, -0.05) is 11.2 Å². The van der Waals surface area contributed by atoms with Gasteiger partial charge in [-0.2, -0.15) is 4.98 Å². The van der Waals surface area contributed by atoms with Crippen LogP contribution in [-0.2, 0) is 0 Å². The molecule has 2 heterocycles. The Morgan fingerprint density at radius 3 is 2.94 bits per heavy atom. The van der Waals surface area contributed by atoms with Crippen molar-refractivity contribution in [2.75, 3.05) is 0 Å². The Morgan fingerprint density at radius 2 is 2.29 bits per heavy atom. The molecule has 0 aliphatic carbocycles. The first-order valence-corrected chi connectivity index (χ1v) is 4.91. The van der Waals surface area contributed by atoms with Gasteiger partial charge < -0.3 is 9.26 Å². The van der Waals surface area contributed by atoms with E-state index in [-0.39, 0.29) is 5.69 Å². The van der Waals surface area contributed by atoms with Crippen LogP contribution in [0.15, 0.2) is 22.7 Å². The van der Waals surface area contributed by atoms with E-state index in [9.17, 15) is 10.1 Å². The number of nitrogens with zero attached hydrogens (tertiary/aromatic N) is 3. The molecule has 1 aromatic heterocycles. The van der Waals surface area contributed by atoms with Crippen LogP contribution in [0.25, 0.3) is 0 Å². The van der Waals surface area contributed by atoms with Crippen LogP contribution in [-0.4, -0.2) is 15.1 Å². The van der Waals surface area contributed by atoms with E-state index < -0.39 is 11.0 Å². The van der Waals surface area contributed by atoms with E-state index in [1.54, 1.807) is 19.1 Å². The summed E-state index contributed by atoms with van der Waals surface area (Å²) in [5, 5.41) is 14.6. The molecular weight excluding hydrogens is 226 g/mol. The van der Waals surface area contributed by atoms with Gasteiger partial charge in [0, 0.05) is 13.0 Å². The third-order valence-electron chi connectivity index (χ3n) is 2.52. The van der Waals surface area contributed by atoms with Crippen molar-refractivity contribution in [2.24, 2.45) is 0 Å². The number of ether oxygens (including phenoxy) is 1. The van der Waals surface area contributed by atoms with Crippen LogP contribution in [0.2, 0.25) is 0 Å². The van der Waals surface area contributed by atoms with E-state index in [0.717, 1.165) is 0 Å². The van der Waals surface area contributed by atoms with Gasteiger partial charge in [0.15, 0.2) is 6.10 Å². The quantitative estimate of drug-likeness (QED) is 0.579. The largest absolute Gasteiger partial charge is 0.476 e. The molecule has 1 atom stereocenters. The van der Waals surface area contributed by atoms with Gasteiger partial charge in [0.2, 0.25) is 11.7 Å². The number of hydrogen-bond acceptors (Lipinski definition) is 6. The maximum absolute atomic E-state index is 10.9. The Balaban J connectivity index is 2.07. The predicted octanol–water partition coefficient (Wildman–Crippen LogP) is 1.77. The van der Waals surface area contributed by atoms with Crippen molar-refractivity contribution in [2.45, 2.75) is 13.0 Å². The van der Waals surface area contributed by atoms with Crippen LogP contribution in [0, 0.1) is 17.0 Å². The number of rotatable bonds is 2. The van der Waals surface area contributed by atoms with Crippen molar-refractivity contribution >= 4 is 5.69 Å². The third-order valence-corrected chi connectivity index (χ3v) is 2.52. The second-order valence-electron chi connectivity index (χ2n) is 3.62. The zero-order chi connectivity index (χ0) is 12.0. The SMILES string of the molecule is Cc1nc(C2Oc3cccc([N+](=O)[O-])c32)no1. The summed E-state index contributed by atoms with van der Waals surface area (Å²) in [4.78, 5) is 14.4. The average molecular weight is 233 g/mol. The molecule has 1 aromatic carbocycles. The van der Waals surface area contributed by atoms with Crippen molar-refractivity contribution in [1.29, 1.82) is 0 Å². The summed E-state index contributed by atoms with van der Waals surface area (Å²) < 4.78 is 10.2. The normalized spacial score (nSPS) is 16.9. The van der Waals surface area contributed by atoms with Crippen LogP contribution in [0.3, 0.4) is 0 Å². The molecule has 7 nitrogen and oxygen atoms in total. The average Bonchev–Trinajstić information content (AvgIpc) is 2.66. The summed E-state index contributed by atoms with van der Waals surface area (Å²) in [5.74, 6) is 1.20. The standard InChI is InChI=1S/C10H7N3O4/c1-5-11-10(12-17-5)9-8-6(13(14)15)3-2-4-7(8)16-9/h2-4,9H,1H3. The number of hydrogen-bond donors (Lipinski definition) is 0. The summed E-state index contributed by atoms with van der Waals surface area (Å²) >= 11 is 0. The van der Waals surface area contributed by atoms with Gasteiger partial charge in [-0.05, 0) is 6.07 Å². The summed E-state index contributed by atoms with van der Waals surface area (Å²) in [7, 11) is 0. The molecule has 0 spiro atoms. The van der Waals surface area contributed by atoms with Crippen molar-refractivity contribution in [3.63, 3.8) is 0 Å². The van der Waals surface area contributed by atoms with Crippen LogP contribution in [0.4, 0.5) is 5.69 Å². The molecule has 1 aliphatic rings. The van der Waals surface area contributed by atoms with E-state index in [1.165, 1.54) is 6.07 Å². The molecule has 1 aliphatic heterocycles. The van der Waals surface area contributed by atoms with Gasteiger partial charge in [0.1, 0.15) is 11.3 Å². The minimum absolute atomic E-state index is 0.0150. The van der Waals surface area contributed by atoms with Crippen LogP contribution in [0.5, 0.6) is 5.75 Å². The minimum atomic E-state index is -0.607. The molecule has 7 heteroatoms. The Morgan fingerprint density at radius 1 is 1.47 bits per heavy atom. The molecular formula is C10H7N3O4. The van der Waals surface area contributed by atoms with Crippen LogP contribution < -0.4 is 4.74 Å². The lowest BCUT2D eigenvalue weighted by molar-refractivity contribution is -0.386. The van der Waals surface area contributed by atoms with Crippen molar-refractivity contribution in [1.82, 2.24) is 10.1 Å². The third kappa shape index (κ3) is 1.36. The zero-order valence-corrected chi connectivity index (χ0v) is 8.78. The van der Waals surface area contributed by atoms with Gasteiger partial charge in [0.05, 0.1) is 4.92 Å². The molecule has 0 saturated heterocycles. The molecule has 2 aromatic rings. The van der Waals surface area contributed by atoms with E-state index >= 15 is 0 Å². The monoisotopic (exact) mass is 233 g/mol. The Bertz CT molecular complexity index is 607. The second-order valence-corrected chi connectivity index (χ2v) is 3.62. The molecule has 1 unspecified atom stereocenters. The smallest absolute Gasteiger partial charge is 0.280 e. The summed E-state index contributed by atoms with van der Waals surface area (Å²) in [6, 6.07) is 4.68. The molecule has 3 rings (SSSR count). The highest BCUT2D eigenvalue weighted by Gasteiger charge is 2.40. The lowest BCUT2D eigenvalue weighted by Gasteiger charge is -2.27. The first-order valence-electron chi connectivity index (χ1n) is 4.91. The topological polar surface area (TPSA) is 91.3 Å². The van der Waals surface area contributed by atoms with Crippen molar-refractivity contribution < 1.29 is 14.2 Å². The Kier molecular flexibility index (Phi) is 1.88. The summed E-state index contributed by atoms with van der Waals surface area (Å²) in [6.45, 7) is 1.65. The molecule has 0 bridgehead atoms. The van der Waals surface area contributed by atoms with Crippen LogP contribution >= 0.6 is 0 Å². The number of benzene rings is 1. The molecule has 0 radical (unpaired) electrons. The predicted molar refractivity (Wildman–Crippen MR) is 54.6 cm³/mol. The van der Waals surface area contributed by atoms with Gasteiger partial charge in [-0.3, -0.25) is 10.1 Å². The van der Waals surface area contributed by atoms with Crippen molar-refractivity contribution in [3.8, 4) is 5.75 Å². The molecule has 0 N–H and O–H groups in total. The fourth-order valence-corrected chi connectivity index (χ4v) is 1.79. The fourth-order valence-electron chi connectivity index (χ4n) is 1.79. The number of aryl methyl sites for hydroxylation is 1. The van der Waals surface area contributed by atoms with Gasteiger partial charge >= 0.3 is 0 Å². The van der Waals surface area contributed by atoms with Gasteiger partial charge in [-0.25, -0.2) is 0 Å². The number of aromatic nitrogens is 2. The Hall–Kier alpha value is -2.44. The summed E-state index contributed by atoms with van der Waals surface area (Å²) in [5.41, 5.74) is 0.513. The molecule has 0 saturated carbocycles. The van der Waals surface area contributed by atoms with E-state index in [4.69, 9.17) is 9.26 Å². The zero-order valence-electron chi connectivity index (χ0n) is 8.78. The first-order chi connectivity index (χ1) is 8.16. The van der Waals surface area contributed by atoms with Gasteiger partial charge in [0.25, 0.3) is 5.69 Å². The molecule has 17 heavy (non-hydrogen) atoms. The van der Waals surface area contributed by atoms with Crippen molar-refractivity contribution in [3.05, 3.63) is 45.6 Å². The highest BCUT2D eigenvalue weighted by atomic mass is 16.6. The van der Waals surface area contributed by atoms with E-state index in [0.29, 0.717) is 23.0 Å². The maximum Gasteiger partial charge on any atom is 0.280 e. The number of nitro benzene ring substituents is 1. The van der Waals surface area contributed by atoms with Crippen LogP contribution in [0.1, 0.15) is 23.4 Å². The lowest BCUT2D eigenvalue weighted by Crippen LogP contribution is -2.23. The lowest BCUT2D eigenvalue weighted by atomic mass is 10.00. The number of nitro groups is 1. The highest BCUT2D eigenvalue weighted by Crippen LogP contribution is 2.46. The minimum Gasteiger partial charge on any atom is -0.476 e. The molecule has 0 amide bonds. The van der Waals surface area contributed by atoms with Gasteiger partial charge in [-0.15, -0.1) is 0 Å².